The molecule has 28 heavy (non-hydrogen) atoms. The van der Waals surface area contributed by atoms with Crippen LogP contribution in [0.15, 0.2) is 42.0 Å². The van der Waals surface area contributed by atoms with Gasteiger partial charge in [0, 0.05) is 11.6 Å². The van der Waals surface area contributed by atoms with Crippen molar-refractivity contribution in [3.8, 4) is 17.2 Å². The van der Waals surface area contributed by atoms with Gasteiger partial charge >= 0.3 is 0 Å². The minimum Gasteiger partial charge on any atom is -0.489 e. The second-order valence-corrected chi connectivity index (χ2v) is 9.34. The quantitative estimate of drug-likeness (QED) is 0.555. The summed E-state index contributed by atoms with van der Waals surface area (Å²) >= 11 is 0. The highest BCUT2D eigenvalue weighted by Crippen LogP contribution is 2.60. The fourth-order valence-electron chi connectivity index (χ4n) is 5.64. The first-order valence-electron chi connectivity index (χ1n) is 10.4. The van der Waals surface area contributed by atoms with Crippen LogP contribution in [0.3, 0.4) is 0 Å². The lowest BCUT2D eigenvalue weighted by atomic mass is 9.50. The van der Waals surface area contributed by atoms with Gasteiger partial charge in [0.25, 0.3) is 0 Å². The predicted molar refractivity (Wildman–Crippen MR) is 114 cm³/mol. The number of fused-ring (bicyclic) bond motifs is 2. The Labute approximate surface area is 169 Å². The van der Waals surface area contributed by atoms with E-state index in [-0.39, 0.29) is 12.2 Å². The van der Waals surface area contributed by atoms with Gasteiger partial charge < -0.3 is 14.2 Å². The van der Waals surface area contributed by atoms with E-state index in [2.05, 4.69) is 52.5 Å². The Morgan fingerprint density at radius 1 is 1.18 bits per heavy atom. The number of ether oxygens (including phenoxy) is 3. The van der Waals surface area contributed by atoms with Crippen LogP contribution in [0.25, 0.3) is 6.08 Å². The van der Waals surface area contributed by atoms with E-state index in [1.165, 1.54) is 36.8 Å². The first-order valence-corrected chi connectivity index (χ1v) is 10.4. The molecule has 1 aliphatic heterocycles. The molecule has 0 bridgehead atoms. The number of hydrogen-bond donors (Lipinski definition) is 0. The van der Waals surface area contributed by atoms with Crippen molar-refractivity contribution in [2.45, 2.75) is 53.4 Å². The third-order valence-electron chi connectivity index (χ3n) is 7.09. The lowest BCUT2D eigenvalue weighted by molar-refractivity contribution is 0.0268. The van der Waals surface area contributed by atoms with Crippen molar-refractivity contribution < 1.29 is 14.2 Å². The molecule has 1 heterocycles. The van der Waals surface area contributed by atoms with Crippen molar-refractivity contribution in [1.29, 1.82) is 0 Å². The summed E-state index contributed by atoms with van der Waals surface area (Å²) in [4.78, 5) is 0. The molecule has 0 amide bonds. The monoisotopic (exact) mass is 380 g/mol. The zero-order valence-electron chi connectivity index (χ0n) is 17.6. The van der Waals surface area contributed by atoms with E-state index >= 15 is 0 Å². The van der Waals surface area contributed by atoms with Gasteiger partial charge in [-0.3, -0.25) is 0 Å². The van der Waals surface area contributed by atoms with Crippen molar-refractivity contribution in [2.75, 3.05) is 13.4 Å². The highest BCUT2D eigenvalue weighted by Gasteiger charge is 2.49. The van der Waals surface area contributed by atoms with Crippen molar-refractivity contribution in [1.82, 2.24) is 0 Å². The van der Waals surface area contributed by atoms with Crippen molar-refractivity contribution in [3.63, 3.8) is 0 Å². The van der Waals surface area contributed by atoms with Crippen molar-refractivity contribution in [3.05, 3.63) is 47.6 Å². The van der Waals surface area contributed by atoms with Crippen LogP contribution in [0.4, 0.5) is 0 Å². The zero-order chi connectivity index (χ0) is 19.9. The fraction of sp³-hybridized carbons (Fsp3) is 0.520. The van der Waals surface area contributed by atoms with E-state index in [9.17, 15) is 0 Å². The molecular weight excluding hydrogens is 348 g/mol. The molecular formula is C25H32O3. The highest BCUT2D eigenvalue weighted by molar-refractivity contribution is 5.69. The van der Waals surface area contributed by atoms with Gasteiger partial charge in [0.2, 0.25) is 6.79 Å². The summed E-state index contributed by atoms with van der Waals surface area (Å²) in [6.07, 6.45) is 11.5. The smallest absolute Gasteiger partial charge is 0.231 e. The van der Waals surface area contributed by atoms with E-state index in [1.54, 1.807) is 6.08 Å². The Morgan fingerprint density at radius 3 is 2.68 bits per heavy atom. The molecule has 2 aliphatic carbocycles. The molecule has 0 N–H and O–H groups in total. The molecule has 3 nitrogen and oxygen atoms in total. The normalized spacial score (nSPS) is 29.2. The molecule has 3 heteroatoms. The highest BCUT2D eigenvalue weighted by atomic mass is 16.7. The Bertz CT molecular complexity index is 846. The van der Waals surface area contributed by atoms with E-state index in [1.807, 2.05) is 6.07 Å². The number of rotatable bonds is 4. The van der Waals surface area contributed by atoms with Gasteiger partial charge in [0.15, 0.2) is 11.5 Å². The largest absolute Gasteiger partial charge is 0.489 e. The molecule has 2 atom stereocenters. The summed E-state index contributed by atoms with van der Waals surface area (Å²) < 4.78 is 17.2. The van der Waals surface area contributed by atoms with Crippen LogP contribution in [0.2, 0.25) is 0 Å². The second-order valence-electron chi connectivity index (χ2n) is 9.34. The van der Waals surface area contributed by atoms with Crippen LogP contribution < -0.4 is 14.2 Å². The molecule has 0 saturated heterocycles. The van der Waals surface area contributed by atoms with Gasteiger partial charge in [-0.05, 0) is 60.6 Å². The number of allylic oxidation sites excluding steroid dienone is 3. The summed E-state index contributed by atoms with van der Waals surface area (Å²) in [5.74, 6) is 3.03. The Morgan fingerprint density at radius 2 is 1.93 bits per heavy atom. The Kier molecular flexibility index (Phi) is 4.81. The average molecular weight is 381 g/mol. The number of benzene rings is 1. The lowest BCUT2D eigenvalue weighted by Crippen LogP contribution is -2.44. The molecule has 4 rings (SSSR count). The van der Waals surface area contributed by atoms with Crippen molar-refractivity contribution in [2.24, 2.45) is 16.7 Å². The molecule has 0 spiro atoms. The molecule has 3 aliphatic rings. The van der Waals surface area contributed by atoms with Gasteiger partial charge in [-0.2, -0.15) is 0 Å². The van der Waals surface area contributed by atoms with Crippen LogP contribution >= 0.6 is 0 Å². The first kappa shape index (κ1) is 19.2. The van der Waals surface area contributed by atoms with E-state index in [0.29, 0.717) is 17.9 Å². The Balaban J connectivity index is 1.82. The van der Waals surface area contributed by atoms with Crippen molar-refractivity contribution >= 4 is 6.08 Å². The third kappa shape index (κ3) is 3.15. The Hall–Kier alpha value is -2.16. The maximum atomic E-state index is 5.98. The van der Waals surface area contributed by atoms with Gasteiger partial charge in [-0.15, -0.1) is 0 Å². The summed E-state index contributed by atoms with van der Waals surface area (Å²) in [6, 6.07) is 4.01. The third-order valence-corrected chi connectivity index (χ3v) is 7.09. The van der Waals surface area contributed by atoms with Crippen LogP contribution in [0, 0.1) is 16.7 Å². The van der Waals surface area contributed by atoms with Crippen LogP contribution in [0.1, 0.15) is 58.9 Å². The summed E-state index contributed by atoms with van der Waals surface area (Å²) in [5, 5.41) is 0. The maximum absolute atomic E-state index is 5.98. The summed E-state index contributed by atoms with van der Waals surface area (Å²) in [6.45, 7) is 14.1. The van der Waals surface area contributed by atoms with Gasteiger partial charge in [0.05, 0.1) is 0 Å². The summed E-state index contributed by atoms with van der Waals surface area (Å²) in [5.41, 5.74) is 4.44. The maximum Gasteiger partial charge on any atom is 0.231 e. The van der Waals surface area contributed by atoms with Gasteiger partial charge in [-0.25, -0.2) is 0 Å². The minimum absolute atomic E-state index is 0.187. The molecule has 1 aromatic rings. The predicted octanol–water partition coefficient (Wildman–Crippen LogP) is 6.55. The first-order chi connectivity index (χ1) is 13.3. The fourth-order valence-corrected chi connectivity index (χ4v) is 5.64. The lowest BCUT2D eigenvalue weighted by Gasteiger charge is -2.54. The van der Waals surface area contributed by atoms with Crippen LogP contribution in [-0.2, 0) is 0 Å². The average Bonchev–Trinajstić information content (AvgIpc) is 3.09. The topological polar surface area (TPSA) is 27.7 Å². The van der Waals surface area contributed by atoms with Gasteiger partial charge in [0.1, 0.15) is 12.4 Å². The standard InChI is InChI=1S/C25H32O3/c1-6-12-26-20-15-22-21(27-16-28-22)14-18(20)13-19-17(2)8-9-23-24(3,4)10-7-11-25(19,23)5/h6,8,13-15,23H,1,7,9-12,16H2,2-5H3/b19-13-/t23-,25+/m0/s1. The van der Waals surface area contributed by atoms with E-state index < -0.39 is 0 Å². The summed E-state index contributed by atoms with van der Waals surface area (Å²) in [7, 11) is 0. The molecule has 0 radical (unpaired) electrons. The van der Waals surface area contributed by atoms with Crippen LogP contribution in [0.5, 0.6) is 17.2 Å². The van der Waals surface area contributed by atoms with E-state index in [0.717, 1.165) is 22.8 Å². The van der Waals surface area contributed by atoms with E-state index in [4.69, 9.17) is 14.2 Å². The molecule has 1 fully saturated rings. The van der Waals surface area contributed by atoms with Gasteiger partial charge in [-0.1, -0.05) is 51.5 Å². The molecule has 150 valence electrons. The zero-order valence-corrected chi connectivity index (χ0v) is 17.6. The molecule has 1 saturated carbocycles. The van der Waals surface area contributed by atoms with Crippen LogP contribution in [-0.4, -0.2) is 13.4 Å². The minimum atomic E-state index is 0.187. The second kappa shape index (κ2) is 7.02. The number of hydrogen-bond acceptors (Lipinski definition) is 3. The molecule has 0 unspecified atom stereocenters. The SMILES string of the molecule is C=CCOc1cc2c(cc1/C=C1/C(C)=CC[C@H]3C(C)(C)CCC[C@]13C)OCO2. The molecule has 0 aromatic heterocycles. The molecule has 1 aromatic carbocycles.